The Morgan fingerprint density at radius 1 is 0.510 bits per heavy atom. The van der Waals surface area contributed by atoms with Crippen LogP contribution in [0.2, 0.25) is 0 Å². The second-order valence-electron chi connectivity index (χ2n) is 12.6. The zero-order chi connectivity index (χ0) is 34.1. The summed E-state index contributed by atoms with van der Waals surface area (Å²) in [6.07, 6.45) is 1.89. The van der Waals surface area contributed by atoms with Crippen LogP contribution < -0.4 is 0 Å². The summed E-state index contributed by atoms with van der Waals surface area (Å²) in [6.45, 7) is 0. The molecule has 0 aliphatic carbocycles. The van der Waals surface area contributed by atoms with E-state index in [1.807, 2.05) is 66.9 Å². The van der Waals surface area contributed by atoms with Gasteiger partial charge in [0.15, 0.2) is 11.7 Å². The molecule has 0 saturated carbocycles. The van der Waals surface area contributed by atoms with Crippen molar-refractivity contribution >= 4 is 61.2 Å². The highest BCUT2D eigenvalue weighted by molar-refractivity contribution is 6.21. The van der Waals surface area contributed by atoms with Gasteiger partial charge in [-0.15, -0.1) is 0 Å². The van der Waals surface area contributed by atoms with E-state index in [1.54, 1.807) is 0 Å². The summed E-state index contributed by atoms with van der Waals surface area (Å²) in [6, 6.07) is 62.9. The molecule has 0 atom stereocenters. The van der Waals surface area contributed by atoms with Gasteiger partial charge in [-0.1, -0.05) is 146 Å². The standard InChI is InChI=1S/C47H32N4/c48-46(34-14-3-1-4-15-34)50-47(35-16-5-2-6-17-35)49-31-38-29-36-18-7-8-19-37(36)30-42(38)33-23-26-39(27-24-33)51-43-22-12-11-21-41(43)45-40-20-10-9-13-32(40)25-28-44(45)51/h1-31,48H/b48-46?,49-31+,50-47-. The van der Waals surface area contributed by atoms with E-state index in [2.05, 4.69) is 126 Å². The molecule has 0 bridgehead atoms. The first-order valence-electron chi connectivity index (χ1n) is 17.1. The Labute approximate surface area is 295 Å². The monoisotopic (exact) mass is 652 g/mol. The normalized spacial score (nSPS) is 12.0. The lowest BCUT2D eigenvalue weighted by Gasteiger charge is -2.12. The fraction of sp³-hybridized carbons (Fsp3) is 0. The Morgan fingerprint density at radius 3 is 1.86 bits per heavy atom. The lowest BCUT2D eigenvalue weighted by atomic mass is 9.96. The lowest BCUT2D eigenvalue weighted by Crippen LogP contribution is -2.04. The second kappa shape index (κ2) is 12.8. The smallest absolute Gasteiger partial charge is 0.161 e. The van der Waals surface area contributed by atoms with E-state index in [9.17, 15) is 0 Å². The molecule has 8 aromatic carbocycles. The van der Waals surface area contributed by atoms with Crippen LogP contribution in [0.15, 0.2) is 192 Å². The van der Waals surface area contributed by atoms with Crippen molar-refractivity contribution in [3.8, 4) is 16.8 Å². The van der Waals surface area contributed by atoms with E-state index in [0.29, 0.717) is 5.84 Å². The Bertz CT molecular complexity index is 2790. The summed E-state index contributed by atoms with van der Waals surface area (Å²) in [5.41, 5.74) is 8.20. The van der Waals surface area contributed by atoms with E-state index in [4.69, 9.17) is 15.4 Å². The van der Waals surface area contributed by atoms with E-state index < -0.39 is 0 Å². The first-order valence-corrected chi connectivity index (χ1v) is 17.1. The minimum absolute atomic E-state index is 0.166. The Kier molecular flexibility index (Phi) is 7.60. The molecule has 51 heavy (non-hydrogen) atoms. The van der Waals surface area contributed by atoms with Gasteiger partial charge in [0.05, 0.1) is 11.0 Å². The molecule has 0 unspecified atom stereocenters. The van der Waals surface area contributed by atoms with Crippen molar-refractivity contribution in [2.24, 2.45) is 9.98 Å². The Morgan fingerprint density at radius 2 is 1.12 bits per heavy atom. The molecule has 9 aromatic rings. The third-order valence-corrected chi connectivity index (χ3v) is 9.54. The molecule has 4 heteroatoms. The third-order valence-electron chi connectivity index (χ3n) is 9.54. The molecule has 0 saturated heterocycles. The van der Waals surface area contributed by atoms with Gasteiger partial charge in [-0.05, 0) is 69.1 Å². The van der Waals surface area contributed by atoms with Gasteiger partial charge in [0.2, 0.25) is 0 Å². The predicted octanol–water partition coefficient (Wildman–Crippen LogP) is 11.6. The van der Waals surface area contributed by atoms with Crippen LogP contribution in [0.3, 0.4) is 0 Å². The van der Waals surface area contributed by atoms with Crippen LogP contribution in [0.4, 0.5) is 0 Å². The summed E-state index contributed by atoms with van der Waals surface area (Å²) in [4.78, 5) is 9.66. The van der Waals surface area contributed by atoms with Crippen molar-refractivity contribution < 1.29 is 0 Å². The molecule has 0 fully saturated rings. The predicted molar refractivity (Wildman–Crippen MR) is 215 cm³/mol. The van der Waals surface area contributed by atoms with E-state index in [1.165, 1.54) is 32.6 Å². The highest BCUT2D eigenvalue weighted by atomic mass is 15.0. The average Bonchev–Trinajstić information content (AvgIpc) is 3.54. The van der Waals surface area contributed by atoms with Gasteiger partial charge in [-0.25, -0.2) is 9.98 Å². The highest BCUT2D eigenvalue weighted by Gasteiger charge is 2.15. The largest absolute Gasteiger partial charge is 0.309 e. The molecule has 240 valence electrons. The van der Waals surface area contributed by atoms with Gasteiger partial charge in [0, 0.05) is 39.4 Å². The number of nitrogens with one attached hydrogen (secondary N) is 1. The number of aromatic nitrogens is 1. The third kappa shape index (κ3) is 5.59. The van der Waals surface area contributed by atoms with Crippen LogP contribution in [0.5, 0.6) is 0 Å². The van der Waals surface area contributed by atoms with Gasteiger partial charge in [0.1, 0.15) is 0 Å². The molecule has 4 nitrogen and oxygen atoms in total. The van der Waals surface area contributed by atoms with E-state index >= 15 is 0 Å². The molecule has 0 spiro atoms. The molecule has 1 aromatic heterocycles. The molecule has 0 aliphatic rings. The number of benzene rings is 8. The van der Waals surface area contributed by atoms with Crippen molar-refractivity contribution in [2.75, 3.05) is 0 Å². The highest BCUT2D eigenvalue weighted by Crippen LogP contribution is 2.37. The maximum absolute atomic E-state index is 8.73. The van der Waals surface area contributed by atoms with Crippen molar-refractivity contribution in [3.05, 3.63) is 199 Å². The minimum Gasteiger partial charge on any atom is -0.309 e. The summed E-state index contributed by atoms with van der Waals surface area (Å²) in [7, 11) is 0. The number of amidine groups is 2. The fourth-order valence-electron chi connectivity index (χ4n) is 7.07. The van der Waals surface area contributed by atoms with Crippen LogP contribution in [-0.4, -0.2) is 22.5 Å². The maximum Gasteiger partial charge on any atom is 0.161 e. The number of hydrogen-bond acceptors (Lipinski definition) is 1. The summed E-state index contributed by atoms with van der Waals surface area (Å²) >= 11 is 0. The molecular formula is C47H32N4. The maximum atomic E-state index is 8.73. The number of hydrogen-bond donors (Lipinski definition) is 1. The number of para-hydroxylation sites is 1. The number of rotatable bonds is 5. The average molecular weight is 653 g/mol. The van der Waals surface area contributed by atoms with E-state index in [-0.39, 0.29) is 5.84 Å². The van der Waals surface area contributed by atoms with Gasteiger partial charge < -0.3 is 4.57 Å². The molecule has 0 aliphatic heterocycles. The molecule has 9 rings (SSSR count). The number of fused-ring (bicyclic) bond motifs is 6. The van der Waals surface area contributed by atoms with Gasteiger partial charge in [-0.2, -0.15) is 0 Å². The summed E-state index contributed by atoms with van der Waals surface area (Å²) in [5, 5.41) is 16.1. The molecule has 0 amide bonds. The lowest BCUT2D eigenvalue weighted by molar-refractivity contribution is 1.18. The molecule has 0 radical (unpaired) electrons. The van der Waals surface area contributed by atoms with Gasteiger partial charge in [-0.3, -0.25) is 5.41 Å². The fourth-order valence-corrected chi connectivity index (χ4v) is 7.07. The van der Waals surface area contributed by atoms with Gasteiger partial charge >= 0.3 is 0 Å². The van der Waals surface area contributed by atoms with Crippen LogP contribution in [0.1, 0.15) is 16.7 Å². The topological polar surface area (TPSA) is 53.5 Å². The quantitative estimate of drug-likeness (QED) is 0.142. The molecule has 1 N–H and O–H groups in total. The van der Waals surface area contributed by atoms with Crippen LogP contribution in [-0.2, 0) is 0 Å². The zero-order valence-corrected chi connectivity index (χ0v) is 27.7. The Hall–Kier alpha value is -6.91. The van der Waals surface area contributed by atoms with Gasteiger partial charge in [0.25, 0.3) is 0 Å². The van der Waals surface area contributed by atoms with Crippen LogP contribution in [0, 0.1) is 5.41 Å². The first-order chi connectivity index (χ1) is 25.2. The SMILES string of the molecule is N=C(/N=C(\N=C\c1cc2ccccc2cc1-c1ccc(-n2c3ccccc3c3c4ccccc4ccc32)cc1)c1ccccc1)c1ccccc1. The number of aliphatic imine (C=N–C) groups is 2. The first kappa shape index (κ1) is 30.2. The van der Waals surface area contributed by atoms with Crippen molar-refractivity contribution in [3.63, 3.8) is 0 Å². The Balaban J connectivity index is 1.16. The second-order valence-corrected chi connectivity index (χ2v) is 12.6. The van der Waals surface area contributed by atoms with Crippen molar-refractivity contribution in [1.29, 1.82) is 5.41 Å². The summed E-state index contributed by atoms with van der Waals surface area (Å²) < 4.78 is 2.37. The van der Waals surface area contributed by atoms with Crippen molar-refractivity contribution in [2.45, 2.75) is 0 Å². The van der Waals surface area contributed by atoms with Crippen LogP contribution >= 0.6 is 0 Å². The van der Waals surface area contributed by atoms with Crippen molar-refractivity contribution in [1.82, 2.24) is 4.57 Å². The molecule has 1 heterocycles. The van der Waals surface area contributed by atoms with Crippen LogP contribution in [0.25, 0.3) is 60.2 Å². The zero-order valence-electron chi connectivity index (χ0n) is 27.7. The number of nitrogens with zero attached hydrogens (tertiary/aromatic N) is 3. The summed E-state index contributed by atoms with van der Waals surface area (Å²) in [5.74, 6) is 0.650. The minimum atomic E-state index is 0.166. The molecular weight excluding hydrogens is 621 g/mol. The van der Waals surface area contributed by atoms with E-state index in [0.717, 1.165) is 44.3 Å².